The Morgan fingerprint density at radius 3 is 2.89 bits per heavy atom. The number of sulfonamides is 1. The second kappa shape index (κ2) is 5.46. The number of benzene rings is 1. The molecule has 0 aromatic heterocycles. The van der Waals surface area contributed by atoms with E-state index in [1.807, 2.05) is 0 Å². The molecule has 1 atom stereocenters. The standard InChI is InChI=1S/C13H19FN2O2S/c1-2-10-4-3-7-16(9-10)19(17,18)13-8-11(14)5-6-12(13)15/h5-6,8,10H,2-4,7,9,15H2,1H3. The molecule has 1 aromatic carbocycles. The van der Waals surface area contributed by atoms with E-state index in [2.05, 4.69) is 6.92 Å². The Hall–Kier alpha value is -1.14. The van der Waals surface area contributed by atoms with Gasteiger partial charge in [0.05, 0.1) is 5.69 Å². The average Bonchev–Trinajstić information content (AvgIpc) is 2.41. The maximum absolute atomic E-state index is 13.2. The molecule has 1 aromatic rings. The molecule has 106 valence electrons. The first-order chi connectivity index (χ1) is 8.95. The molecule has 1 fully saturated rings. The first-order valence-corrected chi connectivity index (χ1v) is 7.94. The highest BCUT2D eigenvalue weighted by atomic mass is 32.2. The van der Waals surface area contributed by atoms with Gasteiger partial charge in [0.15, 0.2) is 0 Å². The van der Waals surface area contributed by atoms with Crippen LogP contribution in [-0.4, -0.2) is 25.8 Å². The van der Waals surface area contributed by atoms with Gasteiger partial charge in [0.25, 0.3) is 0 Å². The molecule has 1 unspecified atom stereocenters. The van der Waals surface area contributed by atoms with Crippen LogP contribution in [0.1, 0.15) is 26.2 Å². The lowest BCUT2D eigenvalue weighted by molar-refractivity contribution is 0.261. The number of nitrogens with zero attached hydrogens (tertiary/aromatic N) is 1. The molecule has 4 nitrogen and oxygen atoms in total. The normalized spacial score (nSPS) is 21.5. The molecule has 6 heteroatoms. The van der Waals surface area contributed by atoms with Gasteiger partial charge >= 0.3 is 0 Å². The van der Waals surface area contributed by atoms with Gasteiger partial charge in [0.1, 0.15) is 10.7 Å². The zero-order valence-corrected chi connectivity index (χ0v) is 11.8. The number of piperidine rings is 1. The molecule has 1 aliphatic heterocycles. The molecule has 1 saturated heterocycles. The SMILES string of the molecule is CCC1CCCN(S(=O)(=O)c2cc(F)ccc2N)C1. The second-order valence-corrected chi connectivity index (χ2v) is 6.87. The molecule has 1 heterocycles. The van der Waals surface area contributed by atoms with Crippen molar-refractivity contribution >= 4 is 15.7 Å². The summed E-state index contributed by atoms with van der Waals surface area (Å²) in [4.78, 5) is -0.121. The van der Waals surface area contributed by atoms with Crippen molar-refractivity contribution in [2.24, 2.45) is 5.92 Å². The van der Waals surface area contributed by atoms with Gasteiger partial charge < -0.3 is 5.73 Å². The van der Waals surface area contributed by atoms with Crippen LogP contribution < -0.4 is 5.73 Å². The van der Waals surface area contributed by atoms with Gasteiger partial charge in [0.2, 0.25) is 10.0 Å². The summed E-state index contributed by atoms with van der Waals surface area (Å²) in [5.74, 6) is -0.213. The predicted octanol–water partition coefficient (Wildman–Crippen LogP) is 2.22. The summed E-state index contributed by atoms with van der Waals surface area (Å²) >= 11 is 0. The van der Waals surface area contributed by atoms with E-state index in [-0.39, 0.29) is 10.6 Å². The van der Waals surface area contributed by atoms with Crippen LogP contribution >= 0.6 is 0 Å². The molecule has 0 bridgehead atoms. The van der Waals surface area contributed by atoms with Crippen molar-refractivity contribution in [3.8, 4) is 0 Å². The Labute approximate surface area is 113 Å². The first kappa shape index (κ1) is 14.3. The number of hydrogen-bond acceptors (Lipinski definition) is 3. The number of rotatable bonds is 3. The fourth-order valence-electron chi connectivity index (χ4n) is 2.45. The number of nitrogen functional groups attached to an aromatic ring is 1. The van der Waals surface area contributed by atoms with E-state index in [1.54, 1.807) is 0 Å². The quantitative estimate of drug-likeness (QED) is 0.867. The van der Waals surface area contributed by atoms with Crippen molar-refractivity contribution in [2.75, 3.05) is 18.8 Å². The van der Waals surface area contributed by atoms with Crippen molar-refractivity contribution in [3.63, 3.8) is 0 Å². The molecule has 0 amide bonds. The van der Waals surface area contributed by atoms with Crippen molar-refractivity contribution in [1.82, 2.24) is 4.31 Å². The van der Waals surface area contributed by atoms with E-state index in [0.717, 1.165) is 25.3 Å². The summed E-state index contributed by atoms with van der Waals surface area (Å²) in [6.07, 6.45) is 2.83. The summed E-state index contributed by atoms with van der Waals surface area (Å²) < 4.78 is 39.7. The lowest BCUT2D eigenvalue weighted by atomic mass is 9.97. The third-order valence-corrected chi connectivity index (χ3v) is 5.57. The molecule has 1 aliphatic rings. The summed E-state index contributed by atoms with van der Waals surface area (Å²) in [7, 11) is -3.69. The van der Waals surface area contributed by atoms with E-state index in [4.69, 9.17) is 5.73 Å². The lowest BCUT2D eigenvalue weighted by Gasteiger charge is -2.31. The number of hydrogen-bond donors (Lipinski definition) is 1. The third-order valence-electron chi connectivity index (χ3n) is 3.65. The minimum Gasteiger partial charge on any atom is -0.398 e. The Bertz CT molecular complexity index is 560. The first-order valence-electron chi connectivity index (χ1n) is 6.50. The molecular weight excluding hydrogens is 267 g/mol. The van der Waals surface area contributed by atoms with Gasteiger partial charge in [-0.05, 0) is 37.0 Å². The summed E-state index contributed by atoms with van der Waals surface area (Å²) in [5.41, 5.74) is 5.77. The van der Waals surface area contributed by atoms with Gasteiger partial charge in [-0.1, -0.05) is 13.3 Å². The zero-order valence-electron chi connectivity index (χ0n) is 11.0. The van der Waals surface area contributed by atoms with Crippen LogP contribution in [0.2, 0.25) is 0 Å². The maximum atomic E-state index is 13.2. The van der Waals surface area contributed by atoms with Crippen LogP contribution in [0.5, 0.6) is 0 Å². The van der Waals surface area contributed by atoms with Crippen LogP contribution in [0.4, 0.5) is 10.1 Å². The lowest BCUT2D eigenvalue weighted by Crippen LogP contribution is -2.40. The van der Waals surface area contributed by atoms with Crippen molar-refractivity contribution < 1.29 is 12.8 Å². The molecular formula is C13H19FN2O2S. The molecule has 0 saturated carbocycles. The third kappa shape index (κ3) is 2.90. The van der Waals surface area contributed by atoms with Crippen LogP contribution in [0.3, 0.4) is 0 Å². The summed E-state index contributed by atoms with van der Waals surface area (Å²) in [5, 5.41) is 0. The number of anilines is 1. The maximum Gasteiger partial charge on any atom is 0.245 e. The molecule has 2 rings (SSSR count). The summed E-state index contributed by atoms with van der Waals surface area (Å²) in [6.45, 7) is 3.03. The highest BCUT2D eigenvalue weighted by Gasteiger charge is 2.31. The Morgan fingerprint density at radius 1 is 1.47 bits per heavy atom. The Morgan fingerprint density at radius 2 is 2.21 bits per heavy atom. The van der Waals surface area contributed by atoms with E-state index in [1.165, 1.54) is 16.4 Å². The van der Waals surface area contributed by atoms with Gasteiger partial charge in [-0.25, -0.2) is 12.8 Å². The van der Waals surface area contributed by atoms with Gasteiger partial charge in [-0.15, -0.1) is 0 Å². The second-order valence-electron chi connectivity index (χ2n) is 4.96. The molecule has 0 aliphatic carbocycles. The fourth-order valence-corrected chi connectivity index (χ4v) is 4.13. The van der Waals surface area contributed by atoms with Crippen LogP contribution in [-0.2, 0) is 10.0 Å². The van der Waals surface area contributed by atoms with Crippen molar-refractivity contribution in [2.45, 2.75) is 31.1 Å². The number of nitrogens with two attached hydrogens (primary N) is 1. The molecule has 19 heavy (non-hydrogen) atoms. The van der Waals surface area contributed by atoms with E-state index in [0.29, 0.717) is 19.0 Å². The summed E-state index contributed by atoms with van der Waals surface area (Å²) in [6, 6.07) is 3.46. The van der Waals surface area contributed by atoms with E-state index < -0.39 is 15.8 Å². The fraction of sp³-hybridized carbons (Fsp3) is 0.538. The topological polar surface area (TPSA) is 63.4 Å². The smallest absolute Gasteiger partial charge is 0.245 e. The number of halogens is 1. The van der Waals surface area contributed by atoms with Crippen molar-refractivity contribution in [3.05, 3.63) is 24.0 Å². The van der Waals surface area contributed by atoms with Gasteiger partial charge in [0, 0.05) is 13.1 Å². The Kier molecular flexibility index (Phi) is 4.10. The van der Waals surface area contributed by atoms with E-state index >= 15 is 0 Å². The molecule has 0 spiro atoms. The monoisotopic (exact) mass is 286 g/mol. The van der Waals surface area contributed by atoms with Crippen LogP contribution in [0.15, 0.2) is 23.1 Å². The highest BCUT2D eigenvalue weighted by molar-refractivity contribution is 7.89. The van der Waals surface area contributed by atoms with Crippen LogP contribution in [0.25, 0.3) is 0 Å². The average molecular weight is 286 g/mol. The molecule has 0 radical (unpaired) electrons. The highest BCUT2D eigenvalue weighted by Crippen LogP contribution is 2.28. The largest absolute Gasteiger partial charge is 0.398 e. The van der Waals surface area contributed by atoms with Crippen LogP contribution in [0, 0.1) is 11.7 Å². The minimum atomic E-state index is -3.69. The zero-order chi connectivity index (χ0) is 14.0. The van der Waals surface area contributed by atoms with Gasteiger partial charge in [-0.2, -0.15) is 4.31 Å². The van der Waals surface area contributed by atoms with Crippen molar-refractivity contribution in [1.29, 1.82) is 0 Å². The van der Waals surface area contributed by atoms with E-state index in [9.17, 15) is 12.8 Å². The Balaban J connectivity index is 2.34. The minimum absolute atomic E-state index is 0.0972. The van der Waals surface area contributed by atoms with Gasteiger partial charge in [-0.3, -0.25) is 0 Å². The predicted molar refractivity (Wildman–Crippen MR) is 72.6 cm³/mol. The molecule has 2 N–H and O–H groups in total.